The predicted octanol–water partition coefficient (Wildman–Crippen LogP) is 5.39. The van der Waals surface area contributed by atoms with Crippen LogP contribution in [-0.4, -0.2) is 17.9 Å². The number of amides is 1. The van der Waals surface area contributed by atoms with E-state index < -0.39 is 5.41 Å². The number of nitrogens with zero attached hydrogens (tertiary/aromatic N) is 2. The summed E-state index contributed by atoms with van der Waals surface area (Å²) in [5.41, 5.74) is 3.35. The van der Waals surface area contributed by atoms with Gasteiger partial charge in [-0.3, -0.25) is 9.78 Å². The van der Waals surface area contributed by atoms with Crippen LogP contribution in [0.3, 0.4) is 0 Å². The number of hydrogen-bond donors (Lipinski definition) is 0. The summed E-state index contributed by atoms with van der Waals surface area (Å²) in [5, 5.41) is 0.880. The van der Waals surface area contributed by atoms with E-state index in [2.05, 4.69) is 45.2 Å². The molecule has 1 aliphatic carbocycles. The topological polar surface area (TPSA) is 33.2 Å². The lowest BCUT2D eigenvalue weighted by atomic mass is 9.57. The summed E-state index contributed by atoms with van der Waals surface area (Å²) >= 11 is 3.29. The smallest absolute Gasteiger partial charge is 0.237 e. The maximum Gasteiger partial charge on any atom is 0.237 e. The van der Waals surface area contributed by atoms with Crippen LogP contribution in [0.5, 0.6) is 0 Å². The molecule has 1 spiro atoms. The zero-order valence-electron chi connectivity index (χ0n) is 15.6. The Morgan fingerprint density at radius 2 is 2.00 bits per heavy atom. The molecule has 0 atom stereocenters. The molecular weight excluding hydrogens is 419 g/mol. The van der Waals surface area contributed by atoms with E-state index in [0.717, 1.165) is 42.3 Å². The van der Waals surface area contributed by atoms with Crippen molar-refractivity contribution in [2.45, 2.75) is 31.1 Å². The van der Waals surface area contributed by atoms with Crippen molar-refractivity contribution < 1.29 is 9.18 Å². The van der Waals surface area contributed by atoms with Crippen LogP contribution in [0.15, 0.2) is 53.1 Å². The minimum Gasteiger partial charge on any atom is -0.313 e. The van der Waals surface area contributed by atoms with Crippen LogP contribution in [0.1, 0.15) is 30.4 Å². The Labute approximate surface area is 171 Å². The quantitative estimate of drug-likeness (QED) is 0.548. The van der Waals surface area contributed by atoms with Gasteiger partial charge in [0.15, 0.2) is 0 Å². The molecule has 2 heterocycles. The molecule has 1 aromatic heterocycles. The monoisotopic (exact) mass is 438 g/mol. The second-order valence-electron chi connectivity index (χ2n) is 8.05. The molecule has 142 valence electrons. The molecule has 2 aliphatic rings. The number of benzene rings is 2. The average molecular weight is 439 g/mol. The number of carbonyl (C=O) groups is 1. The molecular formula is C23H20BrFN2O. The van der Waals surface area contributed by atoms with Crippen LogP contribution in [0.25, 0.3) is 10.9 Å². The third kappa shape index (κ3) is 2.52. The van der Waals surface area contributed by atoms with Gasteiger partial charge in [-0.15, -0.1) is 0 Å². The van der Waals surface area contributed by atoms with Crippen molar-refractivity contribution in [2.24, 2.45) is 5.92 Å². The number of pyridine rings is 1. The van der Waals surface area contributed by atoms with Crippen LogP contribution in [0.4, 0.5) is 10.1 Å². The standard InChI is InChI=1S/C23H20BrFN2O/c1-27-20-13-26-19-10-18(25)17(24)9-16(19)21(20)23(22(27)28)11-15(12-23)8-7-14-5-3-2-4-6-14/h2-6,9-10,13,15H,7-8,11-12H2,1H3. The fraction of sp³-hybridized carbons (Fsp3) is 0.304. The van der Waals surface area contributed by atoms with Crippen LogP contribution < -0.4 is 4.90 Å². The number of aryl methyl sites for hydroxylation is 1. The van der Waals surface area contributed by atoms with E-state index in [0.29, 0.717) is 15.9 Å². The molecule has 1 fully saturated rings. The molecule has 5 heteroatoms. The molecule has 0 saturated heterocycles. The molecule has 0 unspecified atom stereocenters. The first kappa shape index (κ1) is 17.8. The summed E-state index contributed by atoms with van der Waals surface area (Å²) in [6, 6.07) is 13.7. The number of anilines is 1. The van der Waals surface area contributed by atoms with Crippen LogP contribution in [0.2, 0.25) is 0 Å². The highest BCUT2D eigenvalue weighted by Gasteiger charge is 2.58. The molecule has 1 aliphatic heterocycles. The van der Waals surface area contributed by atoms with Gasteiger partial charge in [0.05, 0.1) is 27.3 Å². The van der Waals surface area contributed by atoms with Crippen LogP contribution in [-0.2, 0) is 16.6 Å². The zero-order chi connectivity index (χ0) is 19.5. The van der Waals surface area contributed by atoms with Gasteiger partial charge in [-0.05, 0) is 59.2 Å². The van der Waals surface area contributed by atoms with Crippen molar-refractivity contribution in [1.29, 1.82) is 0 Å². The van der Waals surface area contributed by atoms with Gasteiger partial charge >= 0.3 is 0 Å². The number of halogens is 2. The first-order valence-corrected chi connectivity index (χ1v) is 10.4. The van der Waals surface area contributed by atoms with Gasteiger partial charge in [-0.2, -0.15) is 0 Å². The van der Waals surface area contributed by atoms with Gasteiger partial charge in [-0.1, -0.05) is 30.3 Å². The highest BCUT2D eigenvalue weighted by molar-refractivity contribution is 9.10. The first-order valence-electron chi connectivity index (χ1n) is 9.60. The van der Waals surface area contributed by atoms with Crippen molar-refractivity contribution in [3.8, 4) is 0 Å². The van der Waals surface area contributed by atoms with Crippen LogP contribution in [0, 0.1) is 11.7 Å². The Balaban J connectivity index is 1.48. The summed E-state index contributed by atoms with van der Waals surface area (Å²) < 4.78 is 14.4. The van der Waals surface area contributed by atoms with Crippen LogP contribution >= 0.6 is 15.9 Å². The predicted molar refractivity (Wildman–Crippen MR) is 112 cm³/mol. The molecule has 5 rings (SSSR count). The fourth-order valence-corrected chi connectivity index (χ4v) is 5.34. The Morgan fingerprint density at radius 1 is 1.25 bits per heavy atom. The molecule has 28 heavy (non-hydrogen) atoms. The first-order chi connectivity index (χ1) is 13.5. The molecule has 1 amide bonds. The summed E-state index contributed by atoms with van der Waals surface area (Å²) in [6.45, 7) is 0. The van der Waals surface area contributed by atoms with E-state index >= 15 is 0 Å². The largest absolute Gasteiger partial charge is 0.313 e. The molecule has 0 bridgehead atoms. The number of rotatable bonds is 3. The zero-order valence-corrected chi connectivity index (χ0v) is 17.2. The third-order valence-electron chi connectivity index (χ3n) is 6.40. The van der Waals surface area contributed by atoms with Gasteiger partial charge < -0.3 is 4.90 Å². The molecule has 0 N–H and O–H groups in total. The fourth-order valence-electron chi connectivity index (χ4n) is 5.00. The molecule has 3 aromatic rings. The van der Waals surface area contributed by atoms with E-state index in [9.17, 15) is 9.18 Å². The Morgan fingerprint density at radius 3 is 2.75 bits per heavy atom. The maximum absolute atomic E-state index is 14.0. The van der Waals surface area contributed by atoms with Crippen molar-refractivity contribution in [2.75, 3.05) is 11.9 Å². The molecule has 1 saturated carbocycles. The van der Waals surface area contributed by atoms with E-state index in [1.165, 1.54) is 11.6 Å². The molecule has 0 radical (unpaired) electrons. The number of likely N-dealkylation sites (N-methyl/N-ethyl adjacent to an activating group) is 1. The average Bonchev–Trinajstić information content (AvgIpc) is 2.89. The van der Waals surface area contributed by atoms with Crippen molar-refractivity contribution in [3.05, 3.63) is 70.1 Å². The second kappa shape index (κ2) is 6.38. The Hall–Kier alpha value is -2.27. The summed E-state index contributed by atoms with van der Waals surface area (Å²) in [6.07, 6.45) is 5.54. The van der Waals surface area contributed by atoms with Gasteiger partial charge in [0.2, 0.25) is 5.91 Å². The van der Waals surface area contributed by atoms with Crippen molar-refractivity contribution in [3.63, 3.8) is 0 Å². The lowest BCUT2D eigenvalue weighted by Crippen LogP contribution is -2.48. The SMILES string of the molecule is CN1C(=O)C2(CC(CCc3ccccc3)C2)c2c1cnc1cc(F)c(Br)cc21. The lowest BCUT2D eigenvalue weighted by Gasteiger charge is -2.44. The van der Waals surface area contributed by atoms with Crippen molar-refractivity contribution >= 4 is 38.4 Å². The van der Waals surface area contributed by atoms with E-state index in [4.69, 9.17) is 0 Å². The Bertz CT molecular complexity index is 1090. The number of fused-ring (bicyclic) bond motifs is 4. The number of hydrogen-bond acceptors (Lipinski definition) is 2. The summed E-state index contributed by atoms with van der Waals surface area (Å²) in [7, 11) is 1.82. The third-order valence-corrected chi connectivity index (χ3v) is 7.01. The number of carbonyl (C=O) groups excluding carboxylic acids is 1. The lowest BCUT2D eigenvalue weighted by molar-refractivity contribution is -0.127. The van der Waals surface area contributed by atoms with Gasteiger partial charge in [0.1, 0.15) is 5.82 Å². The highest BCUT2D eigenvalue weighted by Crippen LogP contribution is 2.58. The van der Waals surface area contributed by atoms with Crippen molar-refractivity contribution in [1.82, 2.24) is 4.98 Å². The summed E-state index contributed by atoms with van der Waals surface area (Å²) in [5.74, 6) is 0.338. The van der Waals surface area contributed by atoms with Gasteiger partial charge in [-0.25, -0.2) is 4.39 Å². The Kier molecular flexibility index (Phi) is 4.05. The van der Waals surface area contributed by atoms with E-state index in [1.807, 2.05) is 13.1 Å². The molecule has 3 nitrogen and oxygen atoms in total. The van der Waals surface area contributed by atoms with E-state index in [1.54, 1.807) is 17.2 Å². The minimum atomic E-state index is -0.482. The molecule has 2 aromatic carbocycles. The maximum atomic E-state index is 14.0. The van der Waals surface area contributed by atoms with Gasteiger partial charge in [0.25, 0.3) is 0 Å². The van der Waals surface area contributed by atoms with E-state index in [-0.39, 0.29) is 11.7 Å². The second-order valence-corrected chi connectivity index (χ2v) is 8.90. The van der Waals surface area contributed by atoms with Gasteiger partial charge in [0, 0.05) is 24.1 Å². The highest BCUT2D eigenvalue weighted by atomic mass is 79.9. The minimum absolute atomic E-state index is 0.146. The number of aromatic nitrogens is 1. The normalized spacial score (nSPS) is 23.3. The summed E-state index contributed by atoms with van der Waals surface area (Å²) in [4.78, 5) is 19.3.